The van der Waals surface area contributed by atoms with Crippen LogP contribution in [0.15, 0.2) is 42.6 Å². The predicted octanol–water partition coefficient (Wildman–Crippen LogP) is 2.73. The standard InChI is InChI=1S/C17H18N2O2/c20-17(21)16-8-7-13(10-18-16)11-19-9-3-6-14-4-1-2-5-15(14)12-19/h1-2,4-5,7-8,10H,3,6,9,11-12H2,(H,20,21). The summed E-state index contributed by atoms with van der Waals surface area (Å²) in [4.78, 5) is 17.2. The third kappa shape index (κ3) is 3.28. The average molecular weight is 282 g/mol. The van der Waals surface area contributed by atoms with E-state index in [4.69, 9.17) is 5.11 Å². The first kappa shape index (κ1) is 13.8. The summed E-state index contributed by atoms with van der Waals surface area (Å²) in [5.41, 5.74) is 3.99. The Morgan fingerprint density at radius 3 is 2.71 bits per heavy atom. The van der Waals surface area contributed by atoms with Gasteiger partial charge in [0.2, 0.25) is 0 Å². The van der Waals surface area contributed by atoms with Crippen LogP contribution in [-0.4, -0.2) is 27.5 Å². The lowest BCUT2D eigenvalue weighted by Crippen LogP contribution is -2.22. The Morgan fingerprint density at radius 1 is 1.19 bits per heavy atom. The third-order valence-corrected chi connectivity index (χ3v) is 3.88. The van der Waals surface area contributed by atoms with Gasteiger partial charge in [-0.05, 0) is 42.1 Å². The van der Waals surface area contributed by atoms with Crippen molar-refractivity contribution in [2.75, 3.05) is 6.54 Å². The maximum atomic E-state index is 10.8. The Hall–Kier alpha value is -2.20. The molecule has 4 nitrogen and oxygen atoms in total. The molecule has 108 valence electrons. The molecule has 0 radical (unpaired) electrons. The van der Waals surface area contributed by atoms with Crippen LogP contribution >= 0.6 is 0 Å². The van der Waals surface area contributed by atoms with Gasteiger partial charge in [0.1, 0.15) is 5.69 Å². The molecule has 0 spiro atoms. The zero-order valence-electron chi connectivity index (χ0n) is 11.8. The van der Waals surface area contributed by atoms with Crippen molar-refractivity contribution in [3.05, 3.63) is 65.0 Å². The van der Waals surface area contributed by atoms with Gasteiger partial charge in [-0.1, -0.05) is 30.3 Å². The van der Waals surface area contributed by atoms with Crippen molar-refractivity contribution in [1.29, 1.82) is 0 Å². The number of rotatable bonds is 3. The second-order valence-corrected chi connectivity index (χ2v) is 5.44. The Labute approximate surface area is 124 Å². The first-order valence-corrected chi connectivity index (χ1v) is 7.20. The summed E-state index contributed by atoms with van der Waals surface area (Å²) in [7, 11) is 0. The summed E-state index contributed by atoms with van der Waals surface area (Å²) in [6.07, 6.45) is 3.95. The number of aromatic nitrogens is 1. The van der Waals surface area contributed by atoms with Crippen LogP contribution < -0.4 is 0 Å². The Morgan fingerprint density at radius 2 is 2.00 bits per heavy atom. The number of benzene rings is 1. The molecule has 1 aromatic carbocycles. The summed E-state index contributed by atoms with van der Waals surface area (Å²) in [6, 6.07) is 12.0. The molecule has 0 unspecified atom stereocenters. The van der Waals surface area contributed by atoms with Gasteiger partial charge in [0, 0.05) is 19.3 Å². The molecule has 1 aliphatic heterocycles. The van der Waals surface area contributed by atoms with E-state index < -0.39 is 5.97 Å². The van der Waals surface area contributed by atoms with E-state index in [1.165, 1.54) is 11.1 Å². The number of hydrogen-bond acceptors (Lipinski definition) is 3. The fourth-order valence-electron chi connectivity index (χ4n) is 2.81. The summed E-state index contributed by atoms with van der Waals surface area (Å²) in [5, 5.41) is 8.87. The number of carboxylic acids is 1. The molecule has 4 heteroatoms. The van der Waals surface area contributed by atoms with Crippen LogP contribution in [0.2, 0.25) is 0 Å². The van der Waals surface area contributed by atoms with Gasteiger partial charge < -0.3 is 5.11 Å². The Bertz CT molecular complexity index is 637. The number of hydrogen-bond donors (Lipinski definition) is 1. The molecule has 0 fully saturated rings. The van der Waals surface area contributed by atoms with Crippen molar-refractivity contribution >= 4 is 5.97 Å². The maximum Gasteiger partial charge on any atom is 0.354 e. The summed E-state index contributed by atoms with van der Waals surface area (Å²) in [6.45, 7) is 2.80. The molecular weight excluding hydrogens is 264 g/mol. The summed E-state index contributed by atoms with van der Waals surface area (Å²) < 4.78 is 0. The molecule has 0 amide bonds. The molecule has 0 atom stereocenters. The van der Waals surface area contributed by atoms with Crippen LogP contribution in [0.3, 0.4) is 0 Å². The number of aromatic carboxylic acids is 1. The van der Waals surface area contributed by atoms with Gasteiger partial charge in [-0.25, -0.2) is 9.78 Å². The van der Waals surface area contributed by atoms with E-state index in [-0.39, 0.29) is 5.69 Å². The first-order valence-electron chi connectivity index (χ1n) is 7.20. The highest BCUT2D eigenvalue weighted by Crippen LogP contribution is 2.19. The number of nitrogens with zero attached hydrogens (tertiary/aromatic N) is 2. The monoisotopic (exact) mass is 282 g/mol. The van der Waals surface area contributed by atoms with Gasteiger partial charge in [-0.15, -0.1) is 0 Å². The van der Waals surface area contributed by atoms with Crippen molar-refractivity contribution in [1.82, 2.24) is 9.88 Å². The molecule has 3 rings (SSSR count). The minimum absolute atomic E-state index is 0.0972. The largest absolute Gasteiger partial charge is 0.477 e. The number of carbonyl (C=O) groups is 1. The van der Waals surface area contributed by atoms with Crippen LogP contribution in [-0.2, 0) is 19.5 Å². The molecule has 0 saturated carbocycles. The van der Waals surface area contributed by atoms with E-state index >= 15 is 0 Å². The fourth-order valence-corrected chi connectivity index (χ4v) is 2.81. The lowest BCUT2D eigenvalue weighted by molar-refractivity contribution is 0.0690. The second-order valence-electron chi connectivity index (χ2n) is 5.44. The van der Waals surface area contributed by atoms with Crippen LogP contribution in [0.4, 0.5) is 0 Å². The molecule has 21 heavy (non-hydrogen) atoms. The second kappa shape index (κ2) is 6.06. The van der Waals surface area contributed by atoms with E-state index in [1.54, 1.807) is 12.3 Å². The van der Waals surface area contributed by atoms with E-state index in [0.717, 1.165) is 38.0 Å². The molecule has 0 aliphatic carbocycles. The highest BCUT2D eigenvalue weighted by molar-refractivity contribution is 5.85. The molecule has 1 aliphatic rings. The smallest absolute Gasteiger partial charge is 0.354 e. The van der Waals surface area contributed by atoms with Crippen LogP contribution in [0.5, 0.6) is 0 Å². The minimum atomic E-state index is -0.981. The highest BCUT2D eigenvalue weighted by atomic mass is 16.4. The molecule has 1 N–H and O–H groups in total. The molecule has 2 aromatic rings. The lowest BCUT2D eigenvalue weighted by Gasteiger charge is -2.20. The number of pyridine rings is 1. The average Bonchev–Trinajstić information content (AvgIpc) is 2.69. The van der Waals surface area contributed by atoms with Crippen LogP contribution in [0.1, 0.15) is 33.6 Å². The van der Waals surface area contributed by atoms with Gasteiger partial charge in [0.25, 0.3) is 0 Å². The SMILES string of the molecule is O=C(O)c1ccc(CN2CCCc3ccccc3C2)cn1. The van der Waals surface area contributed by atoms with Crippen LogP contribution in [0.25, 0.3) is 0 Å². The van der Waals surface area contributed by atoms with Crippen molar-refractivity contribution in [3.8, 4) is 0 Å². The molecule has 0 bridgehead atoms. The number of aryl methyl sites for hydroxylation is 1. The van der Waals surface area contributed by atoms with Gasteiger partial charge in [-0.3, -0.25) is 4.90 Å². The molecule has 2 heterocycles. The molecule has 1 aromatic heterocycles. The van der Waals surface area contributed by atoms with Gasteiger partial charge in [0.05, 0.1) is 0 Å². The normalized spacial score (nSPS) is 15.2. The van der Waals surface area contributed by atoms with E-state index in [0.29, 0.717) is 0 Å². The van der Waals surface area contributed by atoms with Crippen molar-refractivity contribution in [2.45, 2.75) is 25.9 Å². The predicted molar refractivity (Wildman–Crippen MR) is 80.1 cm³/mol. The maximum absolute atomic E-state index is 10.8. The van der Waals surface area contributed by atoms with Gasteiger partial charge in [0.15, 0.2) is 0 Å². The van der Waals surface area contributed by atoms with E-state index in [2.05, 4.69) is 34.1 Å². The molecular formula is C17H18N2O2. The van der Waals surface area contributed by atoms with Crippen molar-refractivity contribution < 1.29 is 9.90 Å². The first-order chi connectivity index (χ1) is 10.2. The van der Waals surface area contributed by atoms with Gasteiger partial charge >= 0.3 is 5.97 Å². The zero-order chi connectivity index (χ0) is 14.7. The van der Waals surface area contributed by atoms with E-state index in [1.807, 2.05) is 6.07 Å². The molecule has 0 saturated heterocycles. The summed E-state index contributed by atoms with van der Waals surface area (Å²) >= 11 is 0. The Kier molecular flexibility index (Phi) is 3.97. The number of carboxylic acid groups (broad SMARTS) is 1. The fraction of sp³-hybridized carbons (Fsp3) is 0.294. The van der Waals surface area contributed by atoms with Gasteiger partial charge in [-0.2, -0.15) is 0 Å². The number of fused-ring (bicyclic) bond motifs is 1. The van der Waals surface area contributed by atoms with Crippen molar-refractivity contribution in [2.24, 2.45) is 0 Å². The highest BCUT2D eigenvalue weighted by Gasteiger charge is 2.14. The van der Waals surface area contributed by atoms with Crippen molar-refractivity contribution in [3.63, 3.8) is 0 Å². The minimum Gasteiger partial charge on any atom is -0.477 e. The lowest BCUT2D eigenvalue weighted by atomic mass is 10.0. The van der Waals surface area contributed by atoms with E-state index in [9.17, 15) is 4.79 Å². The van der Waals surface area contributed by atoms with Crippen LogP contribution in [0, 0.1) is 0 Å². The third-order valence-electron chi connectivity index (χ3n) is 3.88. The Balaban J connectivity index is 1.71. The topological polar surface area (TPSA) is 53.4 Å². The summed E-state index contributed by atoms with van der Waals surface area (Å²) in [5.74, 6) is -0.981. The zero-order valence-corrected chi connectivity index (χ0v) is 11.8. The quantitative estimate of drug-likeness (QED) is 0.940.